The van der Waals surface area contributed by atoms with Gasteiger partial charge in [-0.15, -0.1) is 0 Å². The van der Waals surface area contributed by atoms with Crippen LogP contribution in [0.3, 0.4) is 0 Å². The molecule has 1 amide bonds. The van der Waals surface area contributed by atoms with Crippen LogP contribution in [0.1, 0.15) is 44.0 Å². The Bertz CT molecular complexity index is 818. The van der Waals surface area contributed by atoms with E-state index in [2.05, 4.69) is 31.3 Å². The number of hydrogen-bond acceptors (Lipinski definition) is 5. The van der Waals surface area contributed by atoms with Gasteiger partial charge in [0.15, 0.2) is 24.3 Å². The van der Waals surface area contributed by atoms with Crippen molar-refractivity contribution in [2.24, 2.45) is 5.73 Å². The average Bonchev–Trinajstić information content (AvgIpc) is 2.71. The predicted molar refractivity (Wildman–Crippen MR) is 104 cm³/mol. The lowest BCUT2D eigenvalue weighted by molar-refractivity contribution is -0.120. The lowest BCUT2D eigenvalue weighted by Gasteiger charge is -2.43. The van der Waals surface area contributed by atoms with Crippen LogP contribution in [0.4, 0.5) is 5.69 Å². The van der Waals surface area contributed by atoms with Gasteiger partial charge in [-0.2, -0.15) is 0 Å². The maximum absolute atomic E-state index is 11.0. The Balaban J connectivity index is 1.94. The molecule has 1 aliphatic heterocycles. The Kier molecular flexibility index (Phi) is 5.56. The molecular weight excluding hydrogens is 344 g/mol. The van der Waals surface area contributed by atoms with Crippen molar-refractivity contribution in [3.05, 3.63) is 53.6 Å². The Morgan fingerprint density at radius 2 is 1.93 bits per heavy atom. The third-order valence-corrected chi connectivity index (χ3v) is 5.05. The summed E-state index contributed by atoms with van der Waals surface area (Å²) >= 11 is 0. The van der Waals surface area contributed by atoms with Crippen molar-refractivity contribution < 1.29 is 19.0 Å². The minimum Gasteiger partial charge on any atom is -0.493 e. The van der Waals surface area contributed by atoms with E-state index in [1.165, 1.54) is 5.56 Å². The fraction of sp³-hybridized carbons (Fsp3) is 0.381. The second-order valence-electron chi connectivity index (χ2n) is 6.55. The van der Waals surface area contributed by atoms with Crippen LogP contribution in [-0.4, -0.2) is 19.6 Å². The third-order valence-electron chi connectivity index (χ3n) is 5.05. The number of anilines is 1. The van der Waals surface area contributed by atoms with Crippen LogP contribution in [0.5, 0.6) is 11.5 Å². The molecule has 0 saturated carbocycles. The summed E-state index contributed by atoms with van der Waals surface area (Å²) in [5.74, 6) is 0.454. The molecule has 6 nitrogen and oxygen atoms in total. The lowest BCUT2D eigenvalue weighted by Crippen LogP contribution is -2.37. The zero-order chi connectivity index (χ0) is 19.4. The Labute approximate surface area is 159 Å². The van der Waals surface area contributed by atoms with Gasteiger partial charge in [-0.05, 0) is 31.0 Å². The van der Waals surface area contributed by atoms with E-state index in [-0.39, 0.29) is 18.4 Å². The Hall–Kier alpha value is -2.73. The minimum absolute atomic E-state index is 0.198. The van der Waals surface area contributed by atoms with E-state index >= 15 is 0 Å². The molecule has 144 valence electrons. The summed E-state index contributed by atoms with van der Waals surface area (Å²) in [5.41, 5.74) is 7.97. The number of rotatable bonds is 7. The summed E-state index contributed by atoms with van der Waals surface area (Å²) in [5, 5.41) is 3.46. The number of para-hydroxylation sites is 1. The summed E-state index contributed by atoms with van der Waals surface area (Å²) in [7, 11) is 1.56. The molecule has 1 atom stereocenters. The SMILES string of the molecule is CCC1(CC)O[C@H](c2ccc(OCC(N)=O)c(OC)c2)Nc2ccccc21. The average molecular weight is 370 g/mol. The molecule has 0 unspecified atom stereocenters. The topological polar surface area (TPSA) is 82.8 Å². The molecule has 0 aromatic heterocycles. The summed E-state index contributed by atoms with van der Waals surface area (Å²) < 4.78 is 17.4. The smallest absolute Gasteiger partial charge is 0.255 e. The Morgan fingerprint density at radius 3 is 2.59 bits per heavy atom. The zero-order valence-corrected chi connectivity index (χ0v) is 16.0. The lowest BCUT2D eigenvalue weighted by atomic mass is 9.85. The molecule has 0 saturated heterocycles. The fourth-order valence-electron chi connectivity index (χ4n) is 3.53. The molecule has 1 heterocycles. The van der Waals surface area contributed by atoms with Crippen molar-refractivity contribution in [1.82, 2.24) is 0 Å². The molecule has 3 rings (SSSR count). The van der Waals surface area contributed by atoms with E-state index in [1.54, 1.807) is 13.2 Å². The first kappa shape index (κ1) is 19.0. The number of ether oxygens (including phenoxy) is 3. The van der Waals surface area contributed by atoms with Gasteiger partial charge in [0.05, 0.1) is 12.7 Å². The number of amides is 1. The van der Waals surface area contributed by atoms with Crippen molar-refractivity contribution in [1.29, 1.82) is 0 Å². The number of nitrogens with one attached hydrogen (secondary N) is 1. The van der Waals surface area contributed by atoms with E-state index in [4.69, 9.17) is 19.9 Å². The molecule has 2 aromatic rings. The first-order valence-electron chi connectivity index (χ1n) is 9.16. The second-order valence-corrected chi connectivity index (χ2v) is 6.55. The second kappa shape index (κ2) is 7.88. The van der Waals surface area contributed by atoms with Gasteiger partial charge in [0.1, 0.15) is 0 Å². The summed E-state index contributed by atoms with van der Waals surface area (Å²) in [6.07, 6.45) is 1.42. The van der Waals surface area contributed by atoms with Crippen LogP contribution in [0.2, 0.25) is 0 Å². The van der Waals surface area contributed by atoms with Crippen molar-refractivity contribution in [2.75, 3.05) is 19.0 Å². The van der Waals surface area contributed by atoms with Crippen molar-refractivity contribution in [3.8, 4) is 11.5 Å². The van der Waals surface area contributed by atoms with Gasteiger partial charge >= 0.3 is 0 Å². The maximum Gasteiger partial charge on any atom is 0.255 e. The highest BCUT2D eigenvalue weighted by molar-refractivity contribution is 5.75. The molecule has 0 radical (unpaired) electrons. The highest BCUT2D eigenvalue weighted by Gasteiger charge is 2.39. The quantitative estimate of drug-likeness (QED) is 0.776. The van der Waals surface area contributed by atoms with Crippen LogP contribution in [0.25, 0.3) is 0 Å². The zero-order valence-electron chi connectivity index (χ0n) is 16.0. The highest BCUT2D eigenvalue weighted by Crippen LogP contribution is 2.46. The molecule has 0 bridgehead atoms. The first-order valence-corrected chi connectivity index (χ1v) is 9.16. The van der Waals surface area contributed by atoms with Gasteiger partial charge in [0.25, 0.3) is 5.91 Å². The highest BCUT2D eigenvalue weighted by atomic mass is 16.5. The number of primary amides is 1. The fourth-order valence-corrected chi connectivity index (χ4v) is 3.53. The van der Waals surface area contributed by atoms with E-state index in [1.807, 2.05) is 24.3 Å². The van der Waals surface area contributed by atoms with E-state index in [9.17, 15) is 4.79 Å². The van der Waals surface area contributed by atoms with Gasteiger partial charge < -0.3 is 25.3 Å². The number of fused-ring (bicyclic) bond motifs is 1. The van der Waals surface area contributed by atoms with Gasteiger partial charge in [-0.25, -0.2) is 0 Å². The monoisotopic (exact) mass is 370 g/mol. The van der Waals surface area contributed by atoms with Gasteiger partial charge in [0, 0.05) is 16.8 Å². The molecule has 3 N–H and O–H groups in total. The summed E-state index contributed by atoms with van der Waals surface area (Å²) in [4.78, 5) is 11.0. The van der Waals surface area contributed by atoms with Crippen LogP contribution in [-0.2, 0) is 15.1 Å². The third kappa shape index (κ3) is 3.71. The van der Waals surface area contributed by atoms with Gasteiger partial charge in [-0.1, -0.05) is 38.1 Å². The predicted octanol–water partition coefficient (Wildman–Crippen LogP) is 3.72. The number of benzene rings is 2. The molecule has 2 aromatic carbocycles. The van der Waals surface area contributed by atoms with Crippen molar-refractivity contribution in [2.45, 2.75) is 38.5 Å². The van der Waals surface area contributed by atoms with E-state index in [0.29, 0.717) is 11.5 Å². The maximum atomic E-state index is 11.0. The number of carbonyl (C=O) groups excluding carboxylic acids is 1. The van der Waals surface area contributed by atoms with Crippen LogP contribution < -0.4 is 20.5 Å². The van der Waals surface area contributed by atoms with E-state index < -0.39 is 5.91 Å². The Morgan fingerprint density at radius 1 is 1.19 bits per heavy atom. The van der Waals surface area contributed by atoms with Crippen LogP contribution in [0, 0.1) is 0 Å². The number of methoxy groups -OCH3 is 1. The number of carbonyl (C=O) groups is 1. The van der Waals surface area contributed by atoms with Gasteiger partial charge in [-0.3, -0.25) is 4.79 Å². The molecular formula is C21H26N2O4. The molecule has 6 heteroatoms. The summed E-state index contributed by atoms with van der Waals surface area (Å²) in [6, 6.07) is 13.8. The normalized spacial score (nSPS) is 17.5. The van der Waals surface area contributed by atoms with Crippen molar-refractivity contribution >= 4 is 11.6 Å². The van der Waals surface area contributed by atoms with E-state index in [0.717, 1.165) is 24.1 Å². The summed E-state index contributed by atoms with van der Waals surface area (Å²) in [6.45, 7) is 4.09. The molecule has 0 aliphatic carbocycles. The number of nitrogens with two attached hydrogens (primary N) is 1. The number of hydrogen-bond donors (Lipinski definition) is 2. The molecule has 27 heavy (non-hydrogen) atoms. The first-order chi connectivity index (χ1) is 13.0. The largest absolute Gasteiger partial charge is 0.493 e. The minimum atomic E-state index is -0.536. The van der Waals surface area contributed by atoms with Crippen LogP contribution >= 0.6 is 0 Å². The van der Waals surface area contributed by atoms with Crippen molar-refractivity contribution in [3.63, 3.8) is 0 Å². The molecule has 0 spiro atoms. The standard InChI is InChI=1S/C21H26N2O4/c1-4-21(5-2)15-8-6-7-9-16(15)23-20(27-21)14-10-11-17(18(12-14)25-3)26-13-19(22)24/h6-12,20,23H,4-5,13H2,1-3H3,(H2,22,24)/t20-/m1/s1. The van der Waals surface area contributed by atoms with Crippen LogP contribution in [0.15, 0.2) is 42.5 Å². The van der Waals surface area contributed by atoms with Gasteiger partial charge in [0.2, 0.25) is 0 Å². The molecule has 0 fully saturated rings. The molecule has 1 aliphatic rings.